The molecule has 9 heteroatoms. The Morgan fingerprint density at radius 1 is 1.08 bits per heavy atom. The Labute approximate surface area is 163 Å². The number of hydrogen-bond donors (Lipinski definition) is 0. The van der Waals surface area contributed by atoms with Gasteiger partial charge in [0.2, 0.25) is 0 Å². The molecule has 0 bridgehead atoms. The summed E-state index contributed by atoms with van der Waals surface area (Å²) in [6.07, 6.45) is 1.64. The zero-order valence-corrected chi connectivity index (χ0v) is 15.5. The monoisotopic (exact) mass is 403 g/mol. The number of aromatic nitrogens is 5. The number of nitrogens with zero attached hydrogens (tertiary/aromatic N) is 5. The van der Waals surface area contributed by atoms with Gasteiger partial charge < -0.3 is 4.52 Å². The van der Waals surface area contributed by atoms with Crippen LogP contribution in [-0.2, 0) is 5.75 Å². The van der Waals surface area contributed by atoms with Gasteiger partial charge in [-0.1, -0.05) is 58.3 Å². The first kappa shape index (κ1) is 17.1. The number of halogens is 2. The van der Waals surface area contributed by atoms with E-state index in [-0.39, 0.29) is 0 Å². The molecule has 2 heterocycles. The molecule has 0 saturated heterocycles. The summed E-state index contributed by atoms with van der Waals surface area (Å²) < 4.78 is 7.17. The highest BCUT2D eigenvalue weighted by atomic mass is 35.5. The molecule has 130 valence electrons. The van der Waals surface area contributed by atoms with E-state index >= 15 is 0 Å². The van der Waals surface area contributed by atoms with Gasteiger partial charge in [0.15, 0.2) is 11.0 Å². The fourth-order valence-electron chi connectivity index (χ4n) is 2.31. The van der Waals surface area contributed by atoms with E-state index in [4.69, 9.17) is 27.7 Å². The molecule has 0 N–H and O–H groups in total. The minimum atomic E-state index is 0.391. The first-order valence-electron chi connectivity index (χ1n) is 7.57. The van der Waals surface area contributed by atoms with E-state index in [1.807, 2.05) is 47.0 Å². The zero-order valence-electron chi connectivity index (χ0n) is 13.2. The number of thioether (sulfide) groups is 1. The van der Waals surface area contributed by atoms with Crippen molar-refractivity contribution < 1.29 is 4.52 Å². The topological polar surface area (TPSA) is 69.6 Å². The lowest BCUT2D eigenvalue weighted by atomic mass is 10.2. The minimum absolute atomic E-state index is 0.391. The predicted octanol–water partition coefficient (Wildman–Crippen LogP) is 4.92. The van der Waals surface area contributed by atoms with Crippen molar-refractivity contribution in [1.82, 2.24) is 24.9 Å². The Balaban J connectivity index is 1.51. The molecule has 26 heavy (non-hydrogen) atoms. The van der Waals surface area contributed by atoms with Crippen molar-refractivity contribution in [3.63, 3.8) is 0 Å². The van der Waals surface area contributed by atoms with E-state index in [1.54, 1.807) is 12.4 Å². The smallest absolute Gasteiger partial charge is 0.259 e. The summed E-state index contributed by atoms with van der Waals surface area (Å²) in [5.74, 6) is 1.42. The van der Waals surface area contributed by atoms with Crippen LogP contribution in [0.2, 0.25) is 10.0 Å². The summed E-state index contributed by atoms with van der Waals surface area (Å²) in [6, 6.07) is 14.8. The molecule has 0 aliphatic heterocycles. The van der Waals surface area contributed by atoms with Crippen molar-refractivity contribution in [3.05, 3.63) is 70.7 Å². The molecular weight excluding hydrogens is 393 g/mol. The Hall–Kier alpha value is -2.35. The van der Waals surface area contributed by atoms with E-state index < -0.39 is 0 Å². The number of benzene rings is 2. The quantitative estimate of drug-likeness (QED) is 0.440. The maximum atomic E-state index is 6.16. The van der Waals surface area contributed by atoms with Crippen LogP contribution in [0.15, 0.2) is 64.5 Å². The fourth-order valence-corrected chi connectivity index (χ4v) is 3.48. The van der Waals surface area contributed by atoms with Gasteiger partial charge in [-0.25, -0.2) is 0 Å². The lowest BCUT2D eigenvalue weighted by molar-refractivity contribution is 0.425. The van der Waals surface area contributed by atoms with Crippen LogP contribution in [0.1, 0.15) is 5.82 Å². The van der Waals surface area contributed by atoms with Crippen LogP contribution in [0.5, 0.6) is 0 Å². The molecule has 0 aliphatic carbocycles. The van der Waals surface area contributed by atoms with Crippen LogP contribution in [0.3, 0.4) is 0 Å². The molecule has 0 saturated carbocycles. The van der Waals surface area contributed by atoms with Gasteiger partial charge in [-0.15, -0.1) is 10.2 Å². The van der Waals surface area contributed by atoms with Crippen LogP contribution >= 0.6 is 35.0 Å². The summed E-state index contributed by atoms with van der Waals surface area (Å²) >= 11 is 13.7. The third-order valence-electron chi connectivity index (χ3n) is 3.51. The Kier molecular flexibility index (Phi) is 4.92. The normalized spacial score (nSPS) is 11.0. The molecule has 6 nitrogen and oxygen atoms in total. The second kappa shape index (κ2) is 7.49. The van der Waals surface area contributed by atoms with Gasteiger partial charge in [0.1, 0.15) is 6.33 Å². The molecule has 2 aromatic heterocycles. The van der Waals surface area contributed by atoms with Gasteiger partial charge in [-0.2, -0.15) is 4.98 Å². The molecule has 0 spiro atoms. The standard InChI is InChI=1S/C17H11Cl2N5OS/c18-11-4-3-5-12(8-11)24-10-20-22-17(24)26-9-15-21-16(25-23-15)13-6-1-2-7-14(13)19/h1-8,10H,9H2. The van der Waals surface area contributed by atoms with E-state index in [2.05, 4.69) is 20.3 Å². The number of hydrogen-bond acceptors (Lipinski definition) is 6. The van der Waals surface area contributed by atoms with Crippen molar-refractivity contribution in [2.45, 2.75) is 10.9 Å². The summed E-state index contributed by atoms with van der Waals surface area (Å²) in [6.45, 7) is 0. The first-order valence-corrected chi connectivity index (χ1v) is 9.31. The highest BCUT2D eigenvalue weighted by Gasteiger charge is 2.14. The molecule has 4 aromatic rings. The molecule has 0 radical (unpaired) electrons. The van der Waals surface area contributed by atoms with Crippen molar-refractivity contribution in [1.29, 1.82) is 0 Å². The van der Waals surface area contributed by atoms with Crippen LogP contribution in [0.25, 0.3) is 17.1 Å². The average Bonchev–Trinajstić information content (AvgIpc) is 3.30. The lowest BCUT2D eigenvalue weighted by Gasteiger charge is -2.05. The van der Waals surface area contributed by atoms with Crippen molar-refractivity contribution in [3.8, 4) is 17.1 Å². The highest BCUT2D eigenvalue weighted by molar-refractivity contribution is 7.98. The third kappa shape index (κ3) is 3.60. The van der Waals surface area contributed by atoms with Crippen LogP contribution in [0, 0.1) is 0 Å². The minimum Gasteiger partial charge on any atom is -0.334 e. The summed E-state index contributed by atoms with van der Waals surface area (Å²) in [7, 11) is 0. The van der Waals surface area contributed by atoms with Gasteiger partial charge in [-0.05, 0) is 30.3 Å². The Morgan fingerprint density at radius 3 is 2.81 bits per heavy atom. The van der Waals surface area contributed by atoms with Crippen LogP contribution < -0.4 is 0 Å². The van der Waals surface area contributed by atoms with E-state index in [0.717, 1.165) is 5.69 Å². The van der Waals surface area contributed by atoms with E-state index in [1.165, 1.54) is 11.8 Å². The Bertz CT molecular complexity index is 1050. The van der Waals surface area contributed by atoms with Gasteiger partial charge in [0.25, 0.3) is 5.89 Å². The van der Waals surface area contributed by atoms with Gasteiger partial charge in [0.05, 0.1) is 22.0 Å². The second-order valence-electron chi connectivity index (χ2n) is 5.25. The summed E-state index contributed by atoms with van der Waals surface area (Å²) in [5, 5.41) is 14.0. The van der Waals surface area contributed by atoms with Crippen molar-refractivity contribution >= 4 is 35.0 Å². The van der Waals surface area contributed by atoms with Crippen LogP contribution in [-0.4, -0.2) is 24.9 Å². The molecule has 0 amide bonds. The molecule has 0 atom stereocenters. The van der Waals surface area contributed by atoms with Gasteiger partial charge >= 0.3 is 0 Å². The van der Waals surface area contributed by atoms with Gasteiger partial charge in [-0.3, -0.25) is 4.57 Å². The van der Waals surface area contributed by atoms with Crippen molar-refractivity contribution in [2.75, 3.05) is 0 Å². The zero-order chi connectivity index (χ0) is 17.9. The molecule has 0 unspecified atom stereocenters. The van der Waals surface area contributed by atoms with Crippen molar-refractivity contribution in [2.24, 2.45) is 0 Å². The highest BCUT2D eigenvalue weighted by Crippen LogP contribution is 2.28. The molecule has 4 rings (SSSR count). The van der Waals surface area contributed by atoms with Gasteiger partial charge in [0, 0.05) is 5.02 Å². The second-order valence-corrected chi connectivity index (χ2v) is 7.03. The van der Waals surface area contributed by atoms with E-state index in [0.29, 0.717) is 38.2 Å². The maximum absolute atomic E-state index is 6.16. The predicted molar refractivity (Wildman–Crippen MR) is 101 cm³/mol. The summed E-state index contributed by atoms with van der Waals surface area (Å²) in [4.78, 5) is 4.40. The third-order valence-corrected chi connectivity index (χ3v) is 5.01. The number of rotatable bonds is 5. The summed E-state index contributed by atoms with van der Waals surface area (Å²) in [5.41, 5.74) is 1.59. The first-order chi connectivity index (χ1) is 12.7. The maximum Gasteiger partial charge on any atom is 0.259 e. The molecule has 0 fully saturated rings. The lowest BCUT2D eigenvalue weighted by Crippen LogP contribution is -1.95. The fraction of sp³-hybridized carbons (Fsp3) is 0.0588. The van der Waals surface area contributed by atoms with Crippen LogP contribution in [0.4, 0.5) is 0 Å². The van der Waals surface area contributed by atoms with E-state index in [9.17, 15) is 0 Å². The Morgan fingerprint density at radius 2 is 1.96 bits per heavy atom. The SMILES string of the molecule is Clc1cccc(-n2cnnc2SCc2noc(-c3ccccc3Cl)n2)c1. The molecule has 2 aromatic carbocycles. The largest absolute Gasteiger partial charge is 0.334 e. The average molecular weight is 404 g/mol. The molecular formula is C17H11Cl2N5OS. The molecule has 0 aliphatic rings.